The fourth-order valence-corrected chi connectivity index (χ4v) is 4.50. The van der Waals surface area contributed by atoms with E-state index in [9.17, 15) is 5.11 Å². The van der Waals surface area contributed by atoms with Crippen molar-refractivity contribution in [3.05, 3.63) is 46.7 Å². The van der Waals surface area contributed by atoms with Crippen LogP contribution in [-0.2, 0) is 6.42 Å². The Morgan fingerprint density at radius 1 is 1.19 bits per heavy atom. The van der Waals surface area contributed by atoms with Gasteiger partial charge in [0.1, 0.15) is 0 Å². The van der Waals surface area contributed by atoms with Gasteiger partial charge in [-0.3, -0.25) is 10.00 Å². The van der Waals surface area contributed by atoms with E-state index in [2.05, 4.69) is 38.2 Å². The predicted octanol–water partition coefficient (Wildman–Crippen LogP) is 2.88. The largest absolute Gasteiger partial charge is 0.391 e. The lowest BCUT2D eigenvalue weighted by molar-refractivity contribution is 0.131. The molecule has 2 aromatic rings. The number of rotatable bonds is 4. The summed E-state index contributed by atoms with van der Waals surface area (Å²) in [6.45, 7) is 5.89. The number of halogens is 1. The third-order valence-electron chi connectivity index (χ3n) is 5.84. The average Bonchev–Trinajstić information content (AvgIpc) is 3.22. The van der Waals surface area contributed by atoms with Crippen LogP contribution >= 0.6 is 11.6 Å². The van der Waals surface area contributed by atoms with Gasteiger partial charge >= 0.3 is 0 Å². The number of aliphatic hydroxyl groups is 1. The molecule has 1 aromatic carbocycles. The van der Waals surface area contributed by atoms with Crippen molar-refractivity contribution >= 4 is 17.3 Å². The Hall–Kier alpha value is -1.56. The number of aliphatic hydroxyl groups excluding tert-OH is 1. The van der Waals surface area contributed by atoms with Crippen LogP contribution in [0.1, 0.15) is 24.2 Å². The lowest BCUT2D eigenvalue weighted by Gasteiger charge is -2.38. The lowest BCUT2D eigenvalue weighted by atomic mass is 10.00. The number of benzene rings is 1. The van der Waals surface area contributed by atoms with E-state index in [-0.39, 0.29) is 12.0 Å². The Bertz CT molecular complexity index is 724. The van der Waals surface area contributed by atoms with Crippen molar-refractivity contribution in [1.29, 1.82) is 0 Å². The minimum absolute atomic E-state index is 0.249. The standard InChI is InChI=1S/C20H27ClN4O/c1-14-10-17(23-22-14)11-15-12-25(13-20(15)26)19-6-8-24(9-7-19)18-4-2-16(21)3-5-18/h2-5,10,15,19-20,26H,6-9,11-13H2,1H3,(H,22,23)/t15-,20-/m1/s1. The molecule has 0 aliphatic carbocycles. The van der Waals surface area contributed by atoms with Crippen molar-refractivity contribution in [2.45, 2.75) is 38.3 Å². The van der Waals surface area contributed by atoms with E-state index in [0.717, 1.165) is 61.9 Å². The molecular weight excluding hydrogens is 348 g/mol. The third kappa shape index (κ3) is 3.90. The maximum absolute atomic E-state index is 10.5. The molecule has 1 aromatic heterocycles. The molecule has 2 aliphatic rings. The van der Waals surface area contributed by atoms with Crippen molar-refractivity contribution in [1.82, 2.24) is 15.1 Å². The maximum Gasteiger partial charge on any atom is 0.0711 e. The molecule has 6 heteroatoms. The molecule has 2 saturated heterocycles. The summed E-state index contributed by atoms with van der Waals surface area (Å²) >= 11 is 5.99. The first-order chi connectivity index (χ1) is 12.6. The zero-order valence-corrected chi connectivity index (χ0v) is 16.0. The van der Waals surface area contributed by atoms with Gasteiger partial charge in [-0.05, 0) is 56.5 Å². The highest BCUT2D eigenvalue weighted by Gasteiger charge is 2.36. The summed E-state index contributed by atoms with van der Waals surface area (Å²) in [7, 11) is 0. The van der Waals surface area contributed by atoms with Gasteiger partial charge in [0, 0.05) is 54.5 Å². The van der Waals surface area contributed by atoms with Gasteiger partial charge in [-0.2, -0.15) is 5.10 Å². The number of aromatic nitrogens is 2. The number of aryl methyl sites for hydroxylation is 1. The number of likely N-dealkylation sites (tertiary alicyclic amines) is 1. The van der Waals surface area contributed by atoms with Crippen molar-refractivity contribution < 1.29 is 5.11 Å². The second-order valence-electron chi connectivity index (χ2n) is 7.72. The highest BCUT2D eigenvalue weighted by molar-refractivity contribution is 6.30. The lowest BCUT2D eigenvalue weighted by Crippen LogP contribution is -2.44. The number of hydrogen-bond donors (Lipinski definition) is 2. The molecule has 2 atom stereocenters. The Balaban J connectivity index is 1.31. The second kappa shape index (κ2) is 7.59. The van der Waals surface area contributed by atoms with Crippen LogP contribution in [0.15, 0.2) is 30.3 Å². The zero-order chi connectivity index (χ0) is 18.1. The second-order valence-corrected chi connectivity index (χ2v) is 8.16. The molecule has 0 amide bonds. The summed E-state index contributed by atoms with van der Waals surface area (Å²) in [5.41, 5.74) is 3.39. The minimum Gasteiger partial charge on any atom is -0.391 e. The molecule has 0 radical (unpaired) electrons. The van der Waals surface area contributed by atoms with E-state index in [1.807, 2.05) is 19.1 Å². The fourth-order valence-electron chi connectivity index (χ4n) is 4.37. The van der Waals surface area contributed by atoms with Crippen LogP contribution in [0.4, 0.5) is 5.69 Å². The molecule has 0 spiro atoms. The van der Waals surface area contributed by atoms with E-state index in [1.54, 1.807) is 0 Å². The first-order valence-corrected chi connectivity index (χ1v) is 9.90. The number of nitrogens with one attached hydrogen (secondary N) is 1. The van der Waals surface area contributed by atoms with Gasteiger partial charge in [0.2, 0.25) is 0 Å². The predicted molar refractivity (Wildman–Crippen MR) is 105 cm³/mol. The van der Waals surface area contributed by atoms with Crippen LogP contribution in [0.3, 0.4) is 0 Å². The Labute approximate surface area is 160 Å². The highest BCUT2D eigenvalue weighted by Crippen LogP contribution is 2.29. The van der Waals surface area contributed by atoms with E-state index < -0.39 is 0 Å². The molecule has 0 unspecified atom stereocenters. The Morgan fingerprint density at radius 3 is 2.58 bits per heavy atom. The van der Waals surface area contributed by atoms with Crippen molar-refractivity contribution in [3.63, 3.8) is 0 Å². The monoisotopic (exact) mass is 374 g/mol. The van der Waals surface area contributed by atoms with E-state index >= 15 is 0 Å². The number of hydrogen-bond acceptors (Lipinski definition) is 4. The van der Waals surface area contributed by atoms with Gasteiger partial charge in [-0.1, -0.05) is 11.6 Å². The third-order valence-corrected chi connectivity index (χ3v) is 6.09. The molecule has 2 fully saturated rings. The van der Waals surface area contributed by atoms with Gasteiger partial charge < -0.3 is 10.0 Å². The zero-order valence-electron chi connectivity index (χ0n) is 15.2. The van der Waals surface area contributed by atoms with Gasteiger partial charge in [0.15, 0.2) is 0 Å². The van der Waals surface area contributed by atoms with Crippen molar-refractivity contribution in [2.75, 3.05) is 31.1 Å². The number of H-pyrrole nitrogens is 1. The number of anilines is 1. The summed E-state index contributed by atoms with van der Waals surface area (Å²) < 4.78 is 0. The van der Waals surface area contributed by atoms with Crippen LogP contribution < -0.4 is 4.90 Å². The fraction of sp³-hybridized carbons (Fsp3) is 0.550. The van der Waals surface area contributed by atoms with E-state index in [0.29, 0.717) is 6.04 Å². The molecule has 3 heterocycles. The van der Waals surface area contributed by atoms with Gasteiger partial charge in [0.05, 0.1) is 11.8 Å². The summed E-state index contributed by atoms with van der Waals surface area (Å²) in [6.07, 6.45) is 2.89. The van der Waals surface area contributed by atoms with Crippen LogP contribution in [0.25, 0.3) is 0 Å². The number of nitrogens with zero attached hydrogens (tertiary/aromatic N) is 3. The molecule has 4 rings (SSSR count). The molecular formula is C20H27ClN4O. The van der Waals surface area contributed by atoms with Gasteiger partial charge in [-0.15, -0.1) is 0 Å². The minimum atomic E-state index is -0.249. The molecule has 0 saturated carbocycles. The molecule has 26 heavy (non-hydrogen) atoms. The van der Waals surface area contributed by atoms with Crippen LogP contribution in [0, 0.1) is 12.8 Å². The van der Waals surface area contributed by atoms with Gasteiger partial charge in [-0.25, -0.2) is 0 Å². The average molecular weight is 375 g/mol. The summed E-state index contributed by atoms with van der Waals surface area (Å²) in [6, 6.07) is 10.8. The first kappa shape index (κ1) is 17.8. The maximum atomic E-state index is 10.5. The van der Waals surface area contributed by atoms with Crippen LogP contribution in [0.2, 0.25) is 5.02 Å². The van der Waals surface area contributed by atoms with Crippen LogP contribution in [0.5, 0.6) is 0 Å². The first-order valence-electron chi connectivity index (χ1n) is 9.52. The molecule has 2 N–H and O–H groups in total. The smallest absolute Gasteiger partial charge is 0.0711 e. The van der Waals surface area contributed by atoms with Crippen LogP contribution in [-0.4, -0.2) is 58.5 Å². The molecule has 0 bridgehead atoms. The highest BCUT2D eigenvalue weighted by atomic mass is 35.5. The SMILES string of the molecule is Cc1cc(C[C@@H]2CN(C3CCN(c4ccc(Cl)cc4)CC3)C[C@H]2O)n[nH]1. The molecule has 5 nitrogen and oxygen atoms in total. The topological polar surface area (TPSA) is 55.4 Å². The van der Waals surface area contributed by atoms with Gasteiger partial charge in [0.25, 0.3) is 0 Å². The Morgan fingerprint density at radius 2 is 1.92 bits per heavy atom. The van der Waals surface area contributed by atoms with Crippen molar-refractivity contribution in [3.8, 4) is 0 Å². The normalized spacial score (nSPS) is 25.1. The summed E-state index contributed by atoms with van der Waals surface area (Å²) in [5.74, 6) is 0.284. The summed E-state index contributed by atoms with van der Waals surface area (Å²) in [4.78, 5) is 4.93. The summed E-state index contributed by atoms with van der Waals surface area (Å²) in [5, 5.41) is 18.6. The Kier molecular flexibility index (Phi) is 5.20. The van der Waals surface area contributed by atoms with E-state index in [1.165, 1.54) is 5.69 Å². The number of piperidine rings is 1. The quantitative estimate of drug-likeness (QED) is 0.864. The number of β-amino-alcohol motifs (C(OH)–C–C–N with tert-alkyl or cyclic N) is 1. The molecule has 2 aliphatic heterocycles. The molecule has 140 valence electrons. The number of aromatic amines is 1. The van der Waals surface area contributed by atoms with E-state index in [4.69, 9.17) is 11.6 Å². The van der Waals surface area contributed by atoms with Crippen molar-refractivity contribution in [2.24, 2.45) is 5.92 Å².